The van der Waals surface area contributed by atoms with Crippen LogP contribution in [-0.4, -0.2) is 4.98 Å². The summed E-state index contributed by atoms with van der Waals surface area (Å²) >= 11 is 1.63. The van der Waals surface area contributed by atoms with Crippen molar-refractivity contribution in [3.8, 4) is 6.07 Å². The van der Waals surface area contributed by atoms with Gasteiger partial charge in [-0.15, -0.1) is 11.3 Å². The first-order valence-corrected chi connectivity index (χ1v) is 5.26. The van der Waals surface area contributed by atoms with Gasteiger partial charge in [0.1, 0.15) is 5.01 Å². The van der Waals surface area contributed by atoms with Gasteiger partial charge in [0.2, 0.25) is 0 Å². The van der Waals surface area contributed by atoms with E-state index in [9.17, 15) is 0 Å². The highest BCUT2D eigenvalue weighted by Crippen LogP contribution is 2.27. The zero-order valence-corrected chi connectivity index (χ0v) is 8.98. The fourth-order valence-electron chi connectivity index (χ4n) is 1.45. The summed E-state index contributed by atoms with van der Waals surface area (Å²) in [4.78, 5) is 4.46. The monoisotopic (exact) mass is 202 g/mol. The molecule has 0 aliphatic rings. The molecule has 1 aromatic heterocycles. The molecule has 1 aromatic carbocycles. The highest BCUT2D eigenvalue weighted by Gasteiger charge is 2.07. The molecular formula is C11H10N2S. The molecule has 0 aliphatic heterocycles. The Morgan fingerprint density at radius 1 is 1.36 bits per heavy atom. The van der Waals surface area contributed by atoms with E-state index in [0.29, 0.717) is 6.42 Å². The average molecular weight is 202 g/mol. The molecule has 0 saturated carbocycles. The normalized spacial score (nSPS) is 10.4. The Kier molecular flexibility index (Phi) is 2.22. The van der Waals surface area contributed by atoms with Crippen LogP contribution in [0.5, 0.6) is 0 Å². The van der Waals surface area contributed by atoms with Crippen molar-refractivity contribution in [3.63, 3.8) is 0 Å². The minimum absolute atomic E-state index is 0.415. The molecule has 0 unspecified atom stereocenters. The Balaban J connectivity index is 2.70. The van der Waals surface area contributed by atoms with Crippen LogP contribution in [0.3, 0.4) is 0 Å². The van der Waals surface area contributed by atoms with Crippen LogP contribution in [0.4, 0.5) is 0 Å². The smallest absolute Gasteiger partial charge is 0.108 e. The molecule has 0 amide bonds. The van der Waals surface area contributed by atoms with Gasteiger partial charge >= 0.3 is 0 Å². The van der Waals surface area contributed by atoms with E-state index < -0.39 is 0 Å². The maximum absolute atomic E-state index is 8.60. The minimum Gasteiger partial charge on any atom is -0.240 e. The third-order valence-corrected chi connectivity index (χ3v) is 3.41. The summed E-state index contributed by atoms with van der Waals surface area (Å²) in [5, 5.41) is 9.52. The SMILES string of the molecule is Cc1ccc(C)c2sc(CC#N)nc12. The lowest BCUT2D eigenvalue weighted by atomic mass is 10.1. The summed E-state index contributed by atoms with van der Waals surface area (Å²) in [5.41, 5.74) is 3.48. The summed E-state index contributed by atoms with van der Waals surface area (Å²) in [6.45, 7) is 4.13. The van der Waals surface area contributed by atoms with Crippen LogP contribution in [0, 0.1) is 25.2 Å². The lowest BCUT2D eigenvalue weighted by Crippen LogP contribution is -1.80. The van der Waals surface area contributed by atoms with E-state index in [-0.39, 0.29) is 0 Å². The first kappa shape index (κ1) is 9.17. The molecule has 0 bridgehead atoms. The van der Waals surface area contributed by atoms with E-state index in [0.717, 1.165) is 10.5 Å². The predicted octanol–water partition coefficient (Wildman–Crippen LogP) is 2.98. The van der Waals surface area contributed by atoms with Crippen LogP contribution in [-0.2, 0) is 6.42 Å². The van der Waals surface area contributed by atoms with Gasteiger partial charge in [-0.3, -0.25) is 0 Å². The number of fused-ring (bicyclic) bond motifs is 1. The van der Waals surface area contributed by atoms with Crippen LogP contribution in [0.2, 0.25) is 0 Å². The van der Waals surface area contributed by atoms with Crippen molar-refractivity contribution in [1.82, 2.24) is 4.98 Å². The van der Waals surface area contributed by atoms with Gasteiger partial charge in [0.05, 0.1) is 22.7 Å². The van der Waals surface area contributed by atoms with Gasteiger partial charge in [0, 0.05) is 0 Å². The van der Waals surface area contributed by atoms with E-state index in [1.54, 1.807) is 11.3 Å². The summed E-state index contributed by atoms with van der Waals surface area (Å²) in [6.07, 6.45) is 0.415. The average Bonchev–Trinajstić information content (AvgIpc) is 2.57. The quantitative estimate of drug-likeness (QED) is 0.712. The maximum atomic E-state index is 8.60. The zero-order chi connectivity index (χ0) is 10.1. The van der Waals surface area contributed by atoms with Gasteiger partial charge in [0.15, 0.2) is 0 Å². The second-order valence-electron chi connectivity index (χ2n) is 3.32. The Morgan fingerprint density at radius 3 is 2.71 bits per heavy atom. The highest BCUT2D eigenvalue weighted by molar-refractivity contribution is 7.18. The Hall–Kier alpha value is -1.40. The van der Waals surface area contributed by atoms with Gasteiger partial charge in [-0.1, -0.05) is 12.1 Å². The van der Waals surface area contributed by atoms with Gasteiger partial charge in [-0.25, -0.2) is 4.98 Å². The summed E-state index contributed by atoms with van der Waals surface area (Å²) in [5.74, 6) is 0. The number of benzene rings is 1. The second-order valence-corrected chi connectivity index (χ2v) is 4.40. The predicted molar refractivity (Wildman–Crippen MR) is 58.4 cm³/mol. The summed E-state index contributed by atoms with van der Waals surface area (Å²) < 4.78 is 1.22. The third-order valence-electron chi connectivity index (χ3n) is 2.22. The molecule has 0 saturated heterocycles. The first-order chi connectivity index (χ1) is 6.72. The molecule has 1 heterocycles. The molecule has 2 nitrogen and oxygen atoms in total. The number of nitriles is 1. The lowest BCUT2D eigenvalue weighted by molar-refractivity contribution is 1.21. The zero-order valence-electron chi connectivity index (χ0n) is 8.16. The Labute approximate surface area is 86.8 Å². The number of aryl methyl sites for hydroxylation is 2. The molecule has 70 valence electrons. The summed E-state index contributed by atoms with van der Waals surface area (Å²) in [6, 6.07) is 6.31. The van der Waals surface area contributed by atoms with E-state index >= 15 is 0 Å². The number of nitrogens with zero attached hydrogens (tertiary/aromatic N) is 2. The van der Waals surface area contributed by atoms with Crippen molar-refractivity contribution in [1.29, 1.82) is 5.26 Å². The number of hydrogen-bond donors (Lipinski definition) is 0. The molecule has 0 aliphatic carbocycles. The van der Waals surface area contributed by atoms with Gasteiger partial charge < -0.3 is 0 Å². The van der Waals surface area contributed by atoms with E-state index in [1.165, 1.54) is 15.8 Å². The van der Waals surface area contributed by atoms with Crippen LogP contribution in [0.1, 0.15) is 16.1 Å². The van der Waals surface area contributed by atoms with Crippen molar-refractivity contribution in [2.24, 2.45) is 0 Å². The molecular weight excluding hydrogens is 192 g/mol. The maximum Gasteiger partial charge on any atom is 0.108 e. The van der Waals surface area contributed by atoms with E-state index in [2.05, 4.69) is 37.0 Å². The molecule has 3 heteroatoms. The number of aromatic nitrogens is 1. The molecule has 2 aromatic rings. The van der Waals surface area contributed by atoms with E-state index in [1.807, 2.05) is 0 Å². The van der Waals surface area contributed by atoms with Gasteiger partial charge in [0.25, 0.3) is 0 Å². The highest BCUT2D eigenvalue weighted by atomic mass is 32.1. The van der Waals surface area contributed by atoms with Crippen LogP contribution < -0.4 is 0 Å². The minimum atomic E-state index is 0.415. The van der Waals surface area contributed by atoms with Crippen molar-refractivity contribution >= 4 is 21.6 Å². The largest absolute Gasteiger partial charge is 0.240 e. The molecule has 0 N–H and O–H groups in total. The van der Waals surface area contributed by atoms with Gasteiger partial charge in [-0.2, -0.15) is 5.26 Å². The Bertz CT molecular complexity index is 481. The number of hydrogen-bond acceptors (Lipinski definition) is 3. The lowest BCUT2D eigenvalue weighted by Gasteiger charge is -1.96. The Morgan fingerprint density at radius 2 is 2.07 bits per heavy atom. The standard InChI is InChI=1S/C11H10N2S/c1-7-3-4-8(2)11-10(7)13-9(14-11)5-6-12/h3-4H,5H2,1-2H3. The van der Waals surface area contributed by atoms with Crippen molar-refractivity contribution in [2.75, 3.05) is 0 Å². The topological polar surface area (TPSA) is 36.7 Å². The van der Waals surface area contributed by atoms with Crippen molar-refractivity contribution in [3.05, 3.63) is 28.3 Å². The molecule has 0 radical (unpaired) electrons. The fraction of sp³-hybridized carbons (Fsp3) is 0.273. The van der Waals surface area contributed by atoms with Crippen molar-refractivity contribution in [2.45, 2.75) is 20.3 Å². The van der Waals surface area contributed by atoms with E-state index in [4.69, 9.17) is 5.26 Å². The van der Waals surface area contributed by atoms with Crippen LogP contribution in [0.25, 0.3) is 10.2 Å². The first-order valence-electron chi connectivity index (χ1n) is 4.45. The molecule has 2 rings (SSSR count). The van der Waals surface area contributed by atoms with Crippen LogP contribution in [0.15, 0.2) is 12.1 Å². The molecule has 0 spiro atoms. The van der Waals surface area contributed by atoms with Gasteiger partial charge in [-0.05, 0) is 25.0 Å². The number of thiazole rings is 1. The fourth-order valence-corrected chi connectivity index (χ4v) is 2.49. The molecule has 0 atom stereocenters. The van der Waals surface area contributed by atoms with Crippen molar-refractivity contribution < 1.29 is 0 Å². The molecule has 0 fully saturated rings. The summed E-state index contributed by atoms with van der Waals surface area (Å²) in [7, 11) is 0. The second kappa shape index (κ2) is 3.39. The third kappa shape index (κ3) is 1.38. The number of rotatable bonds is 1. The molecule has 14 heavy (non-hydrogen) atoms. The van der Waals surface area contributed by atoms with Crippen LogP contribution >= 0.6 is 11.3 Å².